The van der Waals surface area contributed by atoms with Gasteiger partial charge >= 0.3 is 0 Å². The molecule has 0 spiro atoms. The summed E-state index contributed by atoms with van der Waals surface area (Å²) in [6, 6.07) is 3.96. The zero-order valence-electron chi connectivity index (χ0n) is 8.60. The maximum absolute atomic E-state index is 5.94. The number of thiophene rings is 1. The van der Waals surface area contributed by atoms with E-state index < -0.39 is 0 Å². The van der Waals surface area contributed by atoms with Crippen LogP contribution in [-0.4, -0.2) is 15.2 Å². The SMILES string of the molecule is CCCC(N)c1nc(-c2cccs2)n[nH]1. The van der Waals surface area contributed by atoms with Crippen LogP contribution in [0.25, 0.3) is 10.7 Å². The lowest BCUT2D eigenvalue weighted by Crippen LogP contribution is -2.11. The quantitative estimate of drug-likeness (QED) is 0.834. The minimum absolute atomic E-state index is 0.0313. The fraction of sp³-hybridized carbons (Fsp3) is 0.400. The van der Waals surface area contributed by atoms with Gasteiger partial charge in [0.25, 0.3) is 0 Å². The molecule has 0 aromatic carbocycles. The first-order valence-corrected chi connectivity index (χ1v) is 5.91. The lowest BCUT2D eigenvalue weighted by molar-refractivity contribution is 0.604. The molecule has 2 heterocycles. The van der Waals surface area contributed by atoms with Gasteiger partial charge in [0, 0.05) is 0 Å². The van der Waals surface area contributed by atoms with E-state index in [1.54, 1.807) is 11.3 Å². The van der Waals surface area contributed by atoms with Crippen LogP contribution in [0, 0.1) is 0 Å². The number of hydrogen-bond acceptors (Lipinski definition) is 4. The number of nitrogens with one attached hydrogen (secondary N) is 1. The van der Waals surface area contributed by atoms with Gasteiger partial charge in [-0.25, -0.2) is 4.98 Å². The molecule has 2 aromatic rings. The minimum atomic E-state index is -0.0313. The molecule has 5 heteroatoms. The second-order valence-electron chi connectivity index (χ2n) is 3.42. The number of aromatic nitrogens is 3. The van der Waals surface area contributed by atoms with Crippen molar-refractivity contribution in [3.05, 3.63) is 23.3 Å². The van der Waals surface area contributed by atoms with Gasteiger partial charge in [-0.1, -0.05) is 19.4 Å². The largest absolute Gasteiger partial charge is 0.321 e. The highest BCUT2D eigenvalue weighted by Crippen LogP contribution is 2.22. The fourth-order valence-corrected chi connectivity index (χ4v) is 2.06. The summed E-state index contributed by atoms with van der Waals surface area (Å²) in [5, 5.41) is 9.07. The van der Waals surface area contributed by atoms with E-state index in [0.29, 0.717) is 0 Å². The first-order chi connectivity index (χ1) is 7.31. The monoisotopic (exact) mass is 222 g/mol. The Morgan fingerprint density at radius 2 is 2.47 bits per heavy atom. The highest BCUT2D eigenvalue weighted by atomic mass is 32.1. The molecule has 2 rings (SSSR count). The highest BCUT2D eigenvalue weighted by molar-refractivity contribution is 7.13. The molecule has 0 amide bonds. The molecule has 0 saturated heterocycles. The molecule has 15 heavy (non-hydrogen) atoms. The van der Waals surface area contributed by atoms with Crippen molar-refractivity contribution in [1.82, 2.24) is 15.2 Å². The molecule has 0 saturated carbocycles. The Labute approximate surface area is 92.5 Å². The smallest absolute Gasteiger partial charge is 0.191 e. The van der Waals surface area contributed by atoms with Crippen LogP contribution in [0.5, 0.6) is 0 Å². The van der Waals surface area contributed by atoms with Gasteiger partial charge in [0.05, 0.1) is 10.9 Å². The summed E-state index contributed by atoms with van der Waals surface area (Å²) in [7, 11) is 0. The zero-order chi connectivity index (χ0) is 10.7. The molecular weight excluding hydrogens is 208 g/mol. The highest BCUT2D eigenvalue weighted by Gasteiger charge is 2.11. The first kappa shape index (κ1) is 10.3. The predicted octanol–water partition coefficient (Wildman–Crippen LogP) is 2.33. The number of hydrogen-bond donors (Lipinski definition) is 2. The summed E-state index contributed by atoms with van der Waals surface area (Å²) in [4.78, 5) is 5.46. The summed E-state index contributed by atoms with van der Waals surface area (Å²) in [5.41, 5.74) is 5.94. The Morgan fingerprint density at radius 1 is 1.60 bits per heavy atom. The molecule has 80 valence electrons. The van der Waals surface area contributed by atoms with Crippen LogP contribution in [0.4, 0.5) is 0 Å². The van der Waals surface area contributed by atoms with E-state index in [1.165, 1.54) is 0 Å². The Kier molecular flexibility index (Phi) is 3.13. The van der Waals surface area contributed by atoms with Gasteiger partial charge in [0.15, 0.2) is 5.82 Å². The predicted molar refractivity (Wildman–Crippen MR) is 61.5 cm³/mol. The van der Waals surface area contributed by atoms with E-state index in [-0.39, 0.29) is 6.04 Å². The van der Waals surface area contributed by atoms with Gasteiger partial charge in [-0.3, -0.25) is 5.10 Å². The van der Waals surface area contributed by atoms with E-state index >= 15 is 0 Å². The van der Waals surface area contributed by atoms with Gasteiger partial charge in [-0.05, 0) is 17.9 Å². The average Bonchev–Trinajstić information content (AvgIpc) is 2.89. The van der Waals surface area contributed by atoms with Crippen molar-refractivity contribution in [3.8, 4) is 10.7 Å². The van der Waals surface area contributed by atoms with Crippen LogP contribution in [0.1, 0.15) is 31.6 Å². The molecule has 2 aromatic heterocycles. The molecule has 1 unspecified atom stereocenters. The van der Waals surface area contributed by atoms with Crippen molar-refractivity contribution in [3.63, 3.8) is 0 Å². The standard InChI is InChI=1S/C10H14N4S/c1-2-4-7(11)9-12-10(14-13-9)8-5-3-6-15-8/h3,5-7H,2,4,11H2,1H3,(H,12,13,14). The van der Waals surface area contributed by atoms with Gasteiger partial charge in [-0.15, -0.1) is 11.3 Å². The number of H-pyrrole nitrogens is 1. The number of nitrogens with zero attached hydrogens (tertiary/aromatic N) is 2. The molecule has 4 nitrogen and oxygen atoms in total. The zero-order valence-corrected chi connectivity index (χ0v) is 9.42. The molecule has 0 radical (unpaired) electrons. The molecule has 0 aliphatic carbocycles. The van der Waals surface area contributed by atoms with Crippen LogP contribution in [-0.2, 0) is 0 Å². The molecule has 1 atom stereocenters. The summed E-state index contributed by atoms with van der Waals surface area (Å²) in [6.45, 7) is 2.11. The summed E-state index contributed by atoms with van der Waals surface area (Å²) in [6.07, 6.45) is 1.98. The van der Waals surface area contributed by atoms with E-state index in [0.717, 1.165) is 29.4 Å². The third kappa shape index (κ3) is 2.24. The number of rotatable bonds is 4. The van der Waals surface area contributed by atoms with E-state index in [4.69, 9.17) is 5.73 Å². The summed E-state index contributed by atoms with van der Waals surface area (Å²) in [5.74, 6) is 1.52. The Morgan fingerprint density at radius 3 is 3.13 bits per heavy atom. The number of nitrogens with two attached hydrogens (primary N) is 1. The second-order valence-corrected chi connectivity index (χ2v) is 4.36. The van der Waals surface area contributed by atoms with Crippen LogP contribution < -0.4 is 5.73 Å². The summed E-state index contributed by atoms with van der Waals surface area (Å²) < 4.78 is 0. The van der Waals surface area contributed by atoms with Gasteiger partial charge in [0.1, 0.15) is 5.82 Å². The lowest BCUT2D eigenvalue weighted by Gasteiger charge is -2.04. The van der Waals surface area contributed by atoms with E-state index in [9.17, 15) is 0 Å². The van der Waals surface area contributed by atoms with Crippen LogP contribution in [0.3, 0.4) is 0 Å². The van der Waals surface area contributed by atoms with Crippen molar-refractivity contribution in [2.75, 3.05) is 0 Å². The summed E-state index contributed by atoms with van der Waals surface area (Å²) >= 11 is 1.63. The average molecular weight is 222 g/mol. The van der Waals surface area contributed by atoms with Crippen LogP contribution in [0.2, 0.25) is 0 Å². The van der Waals surface area contributed by atoms with Crippen molar-refractivity contribution in [1.29, 1.82) is 0 Å². The topological polar surface area (TPSA) is 67.6 Å². The van der Waals surface area contributed by atoms with Crippen molar-refractivity contribution < 1.29 is 0 Å². The Balaban J connectivity index is 2.17. The molecule has 0 aliphatic rings. The lowest BCUT2D eigenvalue weighted by atomic mass is 10.2. The molecule has 0 fully saturated rings. The third-order valence-electron chi connectivity index (χ3n) is 2.20. The molecule has 0 bridgehead atoms. The van der Waals surface area contributed by atoms with Crippen LogP contribution >= 0.6 is 11.3 Å². The second kappa shape index (κ2) is 4.55. The fourth-order valence-electron chi connectivity index (χ4n) is 1.40. The van der Waals surface area contributed by atoms with Crippen molar-refractivity contribution >= 4 is 11.3 Å². The van der Waals surface area contributed by atoms with E-state index in [1.807, 2.05) is 17.5 Å². The van der Waals surface area contributed by atoms with Crippen molar-refractivity contribution in [2.45, 2.75) is 25.8 Å². The Hall–Kier alpha value is -1.20. The number of aromatic amines is 1. The van der Waals surface area contributed by atoms with Gasteiger partial charge < -0.3 is 5.73 Å². The van der Waals surface area contributed by atoms with Crippen molar-refractivity contribution in [2.24, 2.45) is 5.73 Å². The van der Waals surface area contributed by atoms with E-state index in [2.05, 4.69) is 22.1 Å². The van der Waals surface area contributed by atoms with Gasteiger partial charge in [-0.2, -0.15) is 5.10 Å². The third-order valence-corrected chi connectivity index (χ3v) is 3.06. The molecule has 0 aliphatic heterocycles. The normalized spacial score (nSPS) is 12.9. The molecular formula is C10H14N4S. The minimum Gasteiger partial charge on any atom is -0.321 e. The molecule has 3 N–H and O–H groups in total. The van der Waals surface area contributed by atoms with Gasteiger partial charge in [0.2, 0.25) is 0 Å². The Bertz CT molecular complexity index is 407. The maximum Gasteiger partial charge on any atom is 0.191 e. The first-order valence-electron chi connectivity index (χ1n) is 5.03. The maximum atomic E-state index is 5.94. The van der Waals surface area contributed by atoms with Crippen LogP contribution in [0.15, 0.2) is 17.5 Å².